The second-order valence-electron chi connectivity index (χ2n) is 5.30. The van der Waals surface area contributed by atoms with Crippen molar-refractivity contribution in [2.24, 2.45) is 0 Å². The van der Waals surface area contributed by atoms with Crippen LogP contribution in [-0.2, 0) is 6.54 Å². The van der Waals surface area contributed by atoms with Gasteiger partial charge in [0.25, 0.3) is 0 Å². The van der Waals surface area contributed by atoms with Gasteiger partial charge in [-0.2, -0.15) is 0 Å². The molecule has 0 amide bonds. The number of nitrogen functional groups attached to an aromatic ring is 1. The van der Waals surface area contributed by atoms with E-state index in [1.54, 1.807) is 0 Å². The predicted octanol–water partition coefficient (Wildman–Crippen LogP) is 4.09. The Kier molecular flexibility index (Phi) is 4.00. The fourth-order valence-corrected chi connectivity index (χ4v) is 2.64. The van der Waals surface area contributed by atoms with Crippen LogP contribution in [0.15, 0.2) is 42.5 Å². The number of fused-ring (bicyclic) bond motifs is 1. The minimum absolute atomic E-state index is 0.724. The topological polar surface area (TPSA) is 53.1 Å². The summed E-state index contributed by atoms with van der Waals surface area (Å²) in [7, 11) is 0. The van der Waals surface area contributed by atoms with Crippen LogP contribution in [0.1, 0.15) is 20.3 Å². The van der Waals surface area contributed by atoms with Crippen LogP contribution in [0.4, 0.5) is 5.69 Å². The number of rotatable bonds is 5. The van der Waals surface area contributed by atoms with Crippen LogP contribution in [0, 0.1) is 0 Å². The number of imidazole rings is 1. The van der Waals surface area contributed by atoms with Crippen molar-refractivity contribution in [1.82, 2.24) is 9.55 Å². The first-order valence-corrected chi connectivity index (χ1v) is 7.72. The summed E-state index contributed by atoms with van der Waals surface area (Å²) in [6.07, 6.45) is 0.996. The molecule has 4 heteroatoms. The molecule has 0 unspecified atom stereocenters. The number of nitrogens with zero attached hydrogens (tertiary/aromatic N) is 2. The third-order valence-corrected chi connectivity index (χ3v) is 3.65. The zero-order valence-corrected chi connectivity index (χ0v) is 13.0. The second-order valence-corrected chi connectivity index (χ2v) is 5.30. The van der Waals surface area contributed by atoms with E-state index in [0.717, 1.165) is 53.4 Å². The fraction of sp³-hybridized carbons (Fsp3) is 0.278. The van der Waals surface area contributed by atoms with Gasteiger partial charge in [-0.05, 0) is 37.6 Å². The van der Waals surface area contributed by atoms with Crippen molar-refractivity contribution < 1.29 is 4.74 Å². The molecule has 0 radical (unpaired) electrons. The van der Waals surface area contributed by atoms with Crippen molar-refractivity contribution in [1.29, 1.82) is 0 Å². The number of aromatic nitrogens is 2. The summed E-state index contributed by atoms with van der Waals surface area (Å²) < 4.78 is 7.90. The van der Waals surface area contributed by atoms with Gasteiger partial charge in [0.15, 0.2) is 0 Å². The molecule has 4 nitrogen and oxygen atoms in total. The number of ether oxygens (including phenoxy) is 1. The summed E-state index contributed by atoms with van der Waals surface area (Å²) in [5.41, 5.74) is 9.76. The lowest BCUT2D eigenvalue weighted by atomic mass is 10.2. The summed E-state index contributed by atoms with van der Waals surface area (Å²) in [5, 5.41) is 0. The second kappa shape index (κ2) is 6.10. The average Bonchev–Trinajstić information content (AvgIpc) is 2.90. The molecule has 0 fully saturated rings. The van der Waals surface area contributed by atoms with Crippen LogP contribution in [0.3, 0.4) is 0 Å². The lowest BCUT2D eigenvalue weighted by Crippen LogP contribution is -1.98. The van der Waals surface area contributed by atoms with Crippen molar-refractivity contribution in [2.75, 3.05) is 12.3 Å². The van der Waals surface area contributed by atoms with E-state index in [-0.39, 0.29) is 0 Å². The van der Waals surface area contributed by atoms with Crippen molar-refractivity contribution in [3.05, 3.63) is 42.5 Å². The predicted molar refractivity (Wildman–Crippen MR) is 91.0 cm³/mol. The van der Waals surface area contributed by atoms with Gasteiger partial charge in [0.05, 0.1) is 17.6 Å². The first kappa shape index (κ1) is 14.4. The molecule has 22 heavy (non-hydrogen) atoms. The highest BCUT2D eigenvalue weighted by Gasteiger charge is 2.12. The van der Waals surface area contributed by atoms with Gasteiger partial charge in [-0.25, -0.2) is 4.98 Å². The first-order chi connectivity index (χ1) is 10.7. The summed E-state index contributed by atoms with van der Waals surface area (Å²) in [6.45, 7) is 5.80. The molecule has 0 aliphatic carbocycles. The Morgan fingerprint density at radius 1 is 1.14 bits per heavy atom. The van der Waals surface area contributed by atoms with Crippen molar-refractivity contribution in [3.63, 3.8) is 0 Å². The van der Waals surface area contributed by atoms with Gasteiger partial charge in [-0.15, -0.1) is 0 Å². The number of nitrogens with two attached hydrogens (primary N) is 1. The third kappa shape index (κ3) is 2.64. The molecule has 2 aromatic carbocycles. The molecule has 3 aromatic rings. The average molecular weight is 295 g/mol. The van der Waals surface area contributed by atoms with E-state index in [1.807, 2.05) is 36.4 Å². The van der Waals surface area contributed by atoms with Crippen LogP contribution in [0.2, 0.25) is 0 Å². The smallest absolute Gasteiger partial charge is 0.141 e. The minimum Gasteiger partial charge on any atom is -0.494 e. The minimum atomic E-state index is 0.724. The van der Waals surface area contributed by atoms with Crippen LogP contribution < -0.4 is 10.5 Å². The van der Waals surface area contributed by atoms with E-state index in [2.05, 4.69) is 24.5 Å². The van der Waals surface area contributed by atoms with Gasteiger partial charge in [0.2, 0.25) is 0 Å². The van der Waals surface area contributed by atoms with Gasteiger partial charge >= 0.3 is 0 Å². The van der Waals surface area contributed by atoms with Crippen LogP contribution in [0.25, 0.3) is 22.4 Å². The zero-order chi connectivity index (χ0) is 15.5. The largest absolute Gasteiger partial charge is 0.494 e. The molecule has 0 aliphatic heterocycles. The molecule has 0 atom stereocenters. The molecule has 0 aliphatic rings. The molecule has 114 valence electrons. The molecule has 1 heterocycles. The number of hydrogen-bond acceptors (Lipinski definition) is 3. The molecule has 1 aromatic heterocycles. The third-order valence-electron chi connectivity index (χ3n) is 3.65. The number of aryl methyl sites for hydroxylation is 1. The van der Waals surface area contributed by atoms with Gasteiger partial charge in [0.1, 0.15) is 11.6 Å². The summed E-state index contributed by atoms with van der Waals surface area (Å²) >= 11 is 0. The molecule has 3 rings (SSSR count). The Morgan fingerprint density at radius 3 is 2.73 bits per heavy atom. The van der Waals surface area contributed by atoms with E-state index in [4.69, 9.17) is 15.5 Å². The van der Waals surface area contributed by atoms with Gasteiger partial charge in [0, 0.05) is 23.9 Å². The van der Waals surface area contributed by atoms with E-state index in [0.29, 0.717) is 0 Å². The highest BCUT2D eigenvalue weighted by atomic mass is 16.5. The van der Waals surface area contributed by atoms with Crippen LogP contribution in [-0.4, -0.2) is 16.2 Å². The quantitative estimate of drug-likeness (QED) is 0.721. The Labute approximate surface area is 130 Å². The van der Waals surface area contributed by atoms with Crippen molar-refractivity contribution in [3.8, 4) is 17.1 Å². The lowest BCUT2D eigenvalue weighted by Gasteiger charge is -2.07. The van der Waals surface area contributed by atoms with Gasteiger partial charge < -0.3 is 15.0 Å². The number of anilines is 1. The standard InChI is InChI=1S/C18H21N3O/c1-3-10-22-15-8-9-17-16(12-15)20-18(21(17)4-2)13-6-5-7-14(19)11-13/h5-9,11-12H,3-4,10,19H2,1-2H3. The molecular formula is C18H21N3O. The maximum atomic E-state index is 5.90. The SMILES string of the molecule is CCCOc1ccc2c(c1)nc(-c1cccc(N)c1)n2CC. The normalized spacial score (nSPS) is 11.0. The Bertz CT molecular complexity index is 792. The van der Waals surface area contributed by atoms with E-state index >= 15 is 0 Å². The Balaban J connectivity index is 2.10. The van der Waals surface area contributed by atoms with Crippen molar-refractivity contribution >= 4 is 16.7 Å². The highest BCUT2D eigenvalue weighted by molar-refractivity contribution is 5.82. The maximum absolute atomic E-state index is 5.90. The maximum Gasteiger partial charge on any atom is 0.141 e. The van der Waals surface area contributed by atoms with Gasteiger partial charge in [-0.1, -0.05) is 19.1 Å². The zero-order valence-electron chi connectivity index (χ0n) is 13.0. The molecule has 0 spiro atoms. The summed E-state index contributed by atoms with van der Waals surface area (Å²) in [4.78, 5) is 4.79. The Morgan fingerprint density at radius 2 is 2.00 bits per heavy atom. The van der Waals surface area contributed by atoms with Gasteiger partial charge in [-0.3, -0.25) is 0 Å². The van der Waals surface area contributed by atoms with E-state index < -0.39 is 0 Å². The van der Waals surface area contributed by atoms with E-state index in [9.17, 15) is 0 Å². The molecule has 0 saturated carbocycles. The number of hydrogen-bond donors (Lipinski definition) is 1. The number of benzene rings is 2. The monoisotopic (exact) mass is 295 g/mol. The Hall–Kier alpha value is -2.49. The molecular weight excluding hydrogens is 274 g/mol. The van der Waals surface area contributed by atoms with Crippen molar-refractivity contribution in [2.45, 2.75) is 26.8 Å². The molecule has 0 saturated heterocycles. The lowest BCUT2D eigenvalue weighted by molar-refractivity contribution is 0.318. The van der Waals surface area contributed by atoms with E-state index in [1.165, 1.54) is 0 Å². The molecule has 0 bridgehead atoms. The summed E-state index contributed by atoms with van der Waals surface area (Å²) in [5.74, 6) is 1.81. The highest BCUT2D eigenvalue weighted by Crippen LogP contribution is 2.28. The van der Waals surface area contributed by atoms with Crippen LogP contribution >= 0.6 is 0 Å². The fourth-order valence-electron chi connectivity index (χ4n) is 2.64. The first-order valence-electron chi connectivity index (χ1n) is 7.72. The van der Waals surface area contributed by atoms with Crippen LogP contribution in [0.5, 0.6) is 5.75 Å². The molecule has 2 N–H and O–H groups in total. The summed E-state index contributed by atoms with van der Waals surface area (Å²) in [6, 6.07) is 13.9.